The number of hydrogen-bond acceptors (Lipinski definition) is 5. The molecule has 0 amide bonds. The fraction of sp³-hybridized carbons (Fsp3) is 0.621. The molecular formula is C29H41FN6S. The Labute approximate surface area is 226 Å². The lowest BCUT2D eigenvalue weighted by atomic mass is 9.69. The molecule has 1 atom stereocenters. The van der Waals surface area contributed by atoms with Crippen LogP contribution in [0.5, 0.6) is 0 Å². The maximum Gasteiger partial charge on any atom is 0.232 e. The van der Waals surface area contributed by atoms with Crippen molar-refractivity contribution in [3.63, 3.8) is 0 Å². The number of thiocarbonyl (C=S) groups is 1. The van der Waals surface area contributed by atoms with Crippen LogP contribution in [0.1, 0.15) is 76.7 Å². The Balaban J connectivity index is 1.32. The second-order valence-electron chi connectivity index (χ2n) is 11.3. The fourth-order valence-corrected chi connectivity index (χ4v) is 6.48. The normalized spacial score (nSPS) is 21.9. The van der Waals surface area contributed by atoms with Crippen LogP contribution in [0.15, 0.2) is 30.3 Å². The molecule has 8 heteroatoms. The summed E-state index contributed by atoms with van der Waals surface area (Å²) >= 11 is 5.75. The number of halogens is 1. The maximum atomic E-state index is 13.6. The number of anilines is 3. The van der Waals surface area contributed by atoms with Crippen molar-refractivity contribution in [1.82, 2.24) is 15.3 Å². The standard InChI is InChI=1S/C29H41FN6S/c1-22-9-8-18-36(20-22)26-19-25(35-16-6-3-7-17-35)32-27(33-26)34-28(37)31-21-29(14-4-2-5-15-29)23-10-12-24(30)13-11-23/h10-13,19,22H,2-9,14-18,20-21H2,1H3,(H2,31,32,33,34,37). The molecule has 6 nitrogen and oxygen atoms in total. The monoisotopic (exact) mass is 524 g/mol. The first-order chi connectivity index (χ1) is 18.0. The summed E-state index contributed by atoms with van der Waals surface area (Å²) in [6.07, 6.45) is 11.9. The molecule has 1 saturated carbocycles. The van der Waals surface area contributed by atoms with E-state index in [1.807, 2.05) is 12.1 Å². The van der Waals surface area contributed by atoms with Gasteiger partial charge in [-0.3, -0.25) is 0 Å². The molecule has 200 valence electrons. The Hall–Kier alpha value is -2.48. The quantitative estimate of drug-likeness (QED) is 0.448. The molecule has 2 aliphatic heterocycles. The zero-order chi connectivity index (χ0) is 25.7. The van der Waals surface area contributed by atoms with Crippen molar-refractivity contribution >= 4 is 34.9 Å². The summed E-state index contributed by atoms with van der Waals surface area (Å²) in [5.41, 5.74) is 1.15. The van der Waals surface area contributed by atoms with E-state index in [-0.39, 0.29) is 11.2 Å². The molecule has 1 aromatic carbocycles. The van der Waals surface area contributed by atoms with E-state index in [0.717, 1.165) is 50.7 Å². The number of aromatic nitrogens is 2. The third-order valence-electron chi connectivity index (χ3n) is 8.44. The molecule has 1 aromatic heterocycles. The highest BCUT2D eigenvalue weighted by atomic mass is 32.1. The second kappa shape index (κ2) is 11.9. The first kappa shape index (κ1) is 26.1. The molecular weight excluding hydrogens is 483 g/mol. The Morgan fingerprint density at radius 3 is 2.30 bits per heavy atom. The molecule has 0 radical (unpaired) electrons. The second-order valence-corrected chi connectivity index (χ2v) is 11.7. The highest BCUT2D eigenvalue weighted by Gasteiger charge is 2.34. The van der Waals surface area contributed by atoms with Gasteiger partial charge in [0.25, 0.3) is 0 Å². The van der Waals surface area contributed by atoms with Gasteiger partial charge in [-0.05, 0) is 80.8 Å². The van der Waals surface area contributed by atoms with Crippen LogP contribution < -0.4 is 20.4 Å². The van der Waals surface area contributed by atoms with Gasteiger partial charge in [-0.15, -0.1) is 0 Å². The van der Waals surface area contributed by atoms with E-state index in [4.69, 9.17) is 22.2 Å². The van der Waals surface area contributed by atoms with Crippen LogP contribution in [0, 0.1) is 11.7 Å². The number of nitrogens with zero attached hydrogens (tertiary/aromatic N) is 4. The molecule has 3 fully saturated rings. The van der Waals surface area contributed by atoms with Crippen molar-refractivity contribution < 1.29 is 4.39 Å². The van der Waals surface area contributed by atoms with Crippen molar-refractivity contribution in [2.24, 2.45) is 5.92 Å². The predicted octanol–water partition coefficient (Wildman–Crippen LogP) is 6.03. The molecule has 37 heavy (non-hydrogen) atoms. The molecule has 2 aromatic rings. The first-order valence-corrected chi connectivity index (χ1v) is 14.6. The Morgan fingerprint density at radius 1 is 0.946 bits per heavy atom. The molecule has 3 heterocycles. The van der Waals surface area contributed by atoms with Gasteiger partial charge >= 0.3 is 0 Å². The number of rotatable bonds is 6. The van der Waals surface area contributed by atoms with Crippen LogP contribution in [0.4, 0.5) is 22.0 Å². The smallest absolute Gasteiger partial charge is 0.232 e. The van der Waals surface area contributed by atoms with E-state index in [1.54, 1.807) is 12.1 Å². The minimum Gasteiger partial charge on any atom is -0.361 e. The van der Waals surface area contributed by atoms with Crippen molar-refractivity contribution in [3.05, 3.63) is 41.7 Å². The SMILES string of the molecule is CC1CCCN(c2cc(N3CCCCC3)nc(NC(=S)NCC3(c4ccc(F)cc4)CCCCC3)n2)C1. The van der Waals surface area contributed by atoms with Gasteiger partial charge in [-0.2, -0.15) is 9.97 Å². The molecule has 3 aliphatic rings. The lowest BCUT2D eigenvalue weighted by molar-refractivity contribution is 0.292. The van der Waals surface area contributed by atoms with Crippen LogP contribution in [0.25, 0.3) is 0 Å². The van der Waals surface area contributed by atoms with Crippen molar-refractivity contribution in [2.75, 3.05) is 47.8 Å². The Morgan fingerprint density at radius 2 is 1.59 bits per heavy atom. The molecule has 1 aliphatic carbocycles. The van der Waals surface area contributed by atoms with Crippen LogP contribution >= 0.6 is 12.2 Å². The number of benzene rings is 1. The predicted molar refractivity (Wildman–Crippen MR) is 154 cm³/mol. The summed E-state index contributed by atoms with van der Waals surface area (Å²) in [7, 11) is 0. The van der Waals surface area contributed by atoms with Crippen molar-refractivity contribution in [3.8, 4) is 0 Å². The molecule has 0 bridgehead atoms. The van der Waals surface area contributed by atoms with Gasteiger partial charge in [0.1, 0.15) is 17.5 Å². The summed E-state index contributed by atoms with van der Waals surface area (Å²) in [5, 5.41) is 7.34. The van der Waals surface area contributed by atoms with Gasteiger partial charge in [0.05, 0.1) is 0 Å². The van der Waals surface area contributed by atoms with Crippen LogP contribution in [-0.2, 0) is 5.41 Å². The van der Waals surface area contributed by atoms with Crippen LogP contribution in [0.2, 0.25) is 0 Å². The van der Waals surface area contributed by atoms with Crippen molar-refractivity contribution in [2.45, 2.75) is 76.5 Å². The maximum absolute atomic E-state index is 13.6. The molecule has 1 unspecified atom stereocenters. The van der Waals surface area contributed by atoms with Gasteiger partial charge in [-0.25, -0.2) is 4.39 Å². The molecule has 2 N–H and O–H groups in total. The lowest BCUT2D eigenvalue weighted by Crippen LogP contribution is -2.43. The third-order valence-corrected chi connectivity index (χ3v) is 8.69. The zero-order valence-corrected chi connectivity index (χ0v) is 23.0. The van der Waals surface area contributed by atoms with Crippen molar-refractivity contribution in [1.29, 1.82) is 0 Å². The summed E-state index contributed by atoms with van der Waals surface area (Å²) in [4.78, 5) is 14.6. The molecule has 5 rings (SSSR count). The van der Waals surface area contributed by atoms with E-state index in [1.165, 1.54) is 56.9 Å². The molecule has 0 spiro atoms. The summed E-state index contributed by atoms with van der Waals surface area (Å²) in [5.74, 6) is 3.02. The van der Waals surface area contributed by atoms with E-state index in [0.29, 0.717) is 23.5 Å². The average molecular weight is 525 g/mol. The van der Waals surface area contributed by atoms with E-state index in [9.17, 15) is 4.39 Å². The fourth-order valence-electron chi connectivity index (χ4n) is 6.32. The van der Waals surface area contributed by atoms with Gasteiger partial charge in [0.15, 0.2) is 5.11 Å². The number of hydrogen-bond donors (Lipinski definition) is 2. The van der Waals surface area contributed by atoms with Gasteiger partial charge in [0.2, 0.25) is 5.95 Å². The highest BCUT2D eigenvalue weighted by molar-refractivity contribution is 7.80. The zero-order valence-electron chi connectivity index (χ0n) is 22.1. The number of nitrogens with one attached hydrogen (secondary N) is 2. The van der Waals surface area contributed by atoms with Crippen LogP contribution in [-0.4, -0.2) is 47.8 Å². The highest BCUT2D eigenvalue weighted by Crippen LogP contribution is 2.39. The summed E-state index contributed by atoms with van der Waals surface area (Å²) in [6, 6.07) is 9.19. The topological polar surface area (TPSA) is 56.3 Å². The minimum atomic E-state index is -0.190. The average Bonchev–Trinajstić information content (AvgIpc) is 2.93. The first-order valence-electron chi connectivity index (χ1n) is 14.2. The number of piperidine rings is 2. The lowest BCUT2D eigenvalue weighted by Gasteiger charge is -2.38. The summed E-state index contributed by atoms with van der Waals surface area (Å²) < 4.78 is 13.6. The van der Waals surface area contributed by atoms with E-state index >= 15 is 0 Å². The van der Waals surface area contributed by atoms with Crippen LogP contribution in [0.3, 0.4) is 0 Å². The third kappa shape index (κ3) is 6.51. The molecule has 2 saturated heterocycles. The largest absolute Gasteiger partial charge is 0.361 e. The van der Waals surface area contributed by atoms with E-state index in [2.05, 4.69) is 33.4 Å². The van der Waals surface area contributed by atoms with Gasteiger partial charge in [-0.1, -0.05) is 38.3 Å². The minimum absolute atomic E-state index is 0.0384. The van der Waals surface area contributed by atoms with Gasteiger partial charge < -0.3 is 20.4 Å². The Bertz CT molecular complexity index is 1050. The van der Waals surface area contributed by atoms with Gasteiger partial charge in [0, 0.05) is 44.2 Å². The van der Waals surface area contributed by atoms with E-state index < -0.39 is 0 Å². The summed E-state index contributed by atoms with van der Waals surface area (Å²) in [6.45, 7) is 7.17. The Kier molecular flexibility index (Phi) is 8.43.